The number of nitrogens with one attached hydrogen (secondary N) is 1. The summed E-state index contributed by atoms with van der Waals surface area (Å²) in [7, 11) is 0.810. The Hall–Kier alpha value is -2.94. The molecule has 2 aromatic rings. The number of anilines is 1. The molecule has 0 unspecified atom stereocenters. The maximum Gasteiger partial charge on any atom is 0.241 e. The van der Waals surface area contributed by atoms with E-state index >= 15 is 0 Å². The normalized spacial score (nSPS) is 12.0. The summed E-state index contributed by atoms with van der Waals surface area (Å²) in [5.74, 6) is 1.10. The lowest BCUT2D eigenvalue weighted by molar-refractivity contribution is -0.120. The quantitative estimate of drug-likeness (QED) is 0.667. The molecule has 0 aliphatic heterocycles. The van der Waals surface area contributed by atoms with Crippen LogP contribution in [0.15, 0.2) is 42.5 Å². The summed E-state index contributed by atoms with van der Waals surface area (Å²) in [6.45, 7) is 1.45. The van der Waals surface area contributed by atoms with Crippen LogP contribution >= 0.6 is 0 Å². The molecule has 0 fully saturated rings. The molecule has 0 radical (unpaired) electrons. The monoisotopic (exact) mass is 422 g/mol. The molecule has 0 spiro atoms. The van der Waals surface area contributed by atoms with Gasteiger partial charge in [0.25, 0.3) is 0 Å². The van der Waals surface area contributed by atoms with Crippen LogP contribution in [0.5, 0.6) is 17.2 Å². The molecule has 0 saturated carbocycles. The number of methoxy groups -OCH3 is 3. The lowest BCUT2D eigenvalue weighted by Gasteiger charge is -2.24. The number of benzene rings is 2. The number of hydrogen-bond donors (Lipinski definition) is 1. The van der Waals surface area contributed by atoms with E-state index in [-0.39, 0.29) is 12.6 Å². The summed E-state index contributed by atoms with van der Waals surface area (Å²) in [6.07, 6.45) is 1.05. The summed E-state index contributed by atoms with van der Waals surface area (Å²) in [5.41, 5.74) is 1.17. The van der Waals surface area contributed by atoms with Crippen molar-refractivity contribution in [2.45, 2.75) is 13.0 Å². The van der Waals surface area contributed by atoms with E-state index in [0.29, 0.717) is 22.9 Å². The largest absolute Gasteiger partial charge is 0.497 e. The smallest absolute Gasteiger partial charge is 0.241 e. The Morgan fingerprint density at radius 2 is 1.62 bits per heavy atom. The van der Waals surface area contributed by atoms with Crippen molar-refractivity contribution in [1.29, 1.82) is 0 Å². The van der Waals surface area contributed by atoms with Gasteiger partial charge in [0.2, 0.25) is 15.9 Å². The van der Waals surface area contributed by atoms with E-state index in [2.05, 4.69) is 5.32 Å². The van der Waals surface area contributed by atoms with Gasteiger partial charge in [0.15, 0.2) is 11.5 Å². The first-order valence-electron chi connectivity index (χ1n) is 8.82. The second-order valence-electron chi connectivity index (χ2n) is 6.37. The van der Waals surface area contributed by atoms with Crippen molar-refractivity contribution in [2.24, 2.45) is 0 Å². The average Bonchev–Trinajstić information content (AvgIpc) is 2.70. The number of sulfonamides is 1. The van der Waals surface area contributed by atoms with Gasteiger partial charge in [0.05, 0.1) is 39.3 Å². The van der Waals surface area contributed by atoms with Crippen LogP contribution in [0.25, 0.3) is 0 Å². The molecule has 1 amide bonds. The molecule has 1 atom stereocenters. The maximum absolute atomic E-state index is 12.6. The summed E-state index contributed by atoms with van der Waals surface area (Å²) in [6, 6.07) is 11.6. The first kappa shape index (κ1) is 22.4. The van der Waals surface area contributed by atoms with Gasteiger partial charge in [-0.1, -0.05) is 12.1 Å². The highest BCUT2D eigenvalue weighted by Gasteiger charge is 2.23. The predicted molar refractivity (Wildman–Crippen MR) is 111 cm³/mol. The lowest BCUT2D eigenvalue weighted by Crippen LogP contribution is -2.41. The molecule has 2 aromatic carbocycles. The molecular formula is C20H26N2O6S. The van der Waals surface area contributed by atoms with Crippen LogP contribution < -0.4 is 23.8 Å². The van der Waals surface area contributed by atoms with Crippen molar-refractivity contribution in [1.82, 2.24) is 5.32 Å². The standard InChI is InChI=1S/C20H26N2O6S/c1-14(15-6-9-17(26-2)10-7-15)21-20(23)13-22(29(5,24)25)16-8-11-18(27-3)19(12-16)28-4/h6-12,14H,13H2,1-5H3,(H,21,23)/t14-/m0/s1. The highest BCUT2D eigenvalue weighted by atomic mass is 32.2. The van der Waals surface area contributed by atoms with Crippen LogP contribution in [-0.4, -0.2) is 48.5 Å². The molecule has 0 heterocycles. The van der Waals surface area contributed by atoms with Gasteiger partial charge >= 0.3 is 0 Å². The molecule has 0 saturated heterocycles. The fourth-order valence-corrected chi connectivity index (χ4v) is 3.62. The summed E-state index contributed by atoms with van der Waals surface area (Å²) in [5, 5.41) is 2.82. The average molecular weight is 423 g/mol. The Morgan fingerprint density at radius 1 is 1.00 bits per heavy atom. The highest BCUT2D eigenvalue weighted by Crippen LogP contribution is 2.32. The molecular weight excluding hydrogens is 396 g/mol. The van der Waals surface area contributed by atoms with Crippen molar-refractivity contribution in [3.05, 3.63) is 48.0 Å². The van der Waals surface area contributed by atoms with Crippen molar-refractivity contribution >= 4 is 21.6 Å². The van der Waals surface area contributed by atoms with Gasteiger partial charge in [0, 0.05) is 6.07 Å². The van der Waals surface area contributed by atoms with Crippen molar-refractivity contribution in [3.63, 3.8) is 0 Å². The van der Waals surface area contributed by atoms with Crippen LogP contribution in [0.2, 0.25) is 0 Å². The van der Waals surface area contributed by atoms with Crippen LogP contribution in [0.4, 0.5) is 5.69 Å². The highest BCUT2D eigenvalue weighted by molar-refractivity contribution is 7.92. The first-order valence-corrected chi connectivity index (χ1v) is 10.7. The van der Waals surface area contributed by atoms with Crippen molar-refractivity contribution in [2.75, 3.05) is 38.4 Å². The number of rotatable bonds is 9. The molecule has 1 N–H and O–H groups in total. The minimum atomic E-state index is -3.71. The summed E-state index contributed by atoms with van der Waals surface area (Å²) in [4.78, 5) is 12.6. The molecule has 8 nitrogen and oxygen atoms in total. The zero-order chi connectivity index (χ0) is 21.6. The van der Waals surface area contributed by atoms with Gasteiger partial charge in [-0.2, -0.15) is 0 Å². The number of hydrogen-bond acceptors (Lipinski definition) is 6. The van der Waals surface area contributed by atoms with E-state index in [1.54, 1.807) is 31.4 Å². The Morgan fingerprint density at radius 3 is 2.14 bits per heavy atom. The van der Waals surface area contributed by atoms with Gasteiger partial charge in [-0.15, -0.1) is 0 Å². The van der Waals surface area contributed by atoms with E-state index < -0.39 is 15.9 Å². The predicted octanol–water partition coefficient (Wildman–Crippen LogP) is 2.36. The number of carbonyl (C=O) groups excluding carboxylic acids is 1. The second kappa shape index (κ2) is 9.51. The fourth-order valence-electron chi connectivity index (χ4n) is 2.77. The zero-order valence-electron chi connectivity index (χ0n) is 17.1. The fraction of sp³-hybridized carbons (Fsp3) is 0.350. The molecule has 158 valence electrons. The molecule has 0 aliphatic carbocycles. The van der Waals surface area contributed by atoms with Gasteiger partial charge < -0.3 is 19.5 Å². The third kappa shape index (κ3) is 5.77. The van der Waals surface area contributed by atoms with Crippen LogP contribution in [0.1, 0.15) is 18.5 Å². The zero-order valence-corrected chi connectivity index (χ0v) is 17.9. The van der Waals surface area contributed by atoms with E-state index in [0.717, 1.165) is 16.1 Å². The van der Waals surface area contributed by atoms with Gasteiger partial charge in [-0.3, -0.25) is 9.10 Å². The third-order valence-corrected chi connectivity index (χ3v) is 5.48. The van der Waals surface area contributed by atoms with E-state index in [4.69, 9.17) is 14.2 Å². The number of nitrogens with zero attached hydrogens (tertiary/aromatic N) is 1. The molecule has 0 aliphatic rings. The minimum absolute atomic E-state index is 0.303. The Balaban J connectivity index is 2.18. The van der Waals surface area contributed by atoms with Crippen molar-refractivity contribution in [3.8, 4) is 17.2 Å². The Bertz CT molecular complexity index is 944. The van der Waals surface area contributed by atoms with Gasteiger partial charge in [-0.05, 0) is 36.8 Å². The topological polar surface area (TPSA) is 94.2 Å². The maximum atomic E-state index is 12.6. The first-order chi connectivity index (χ1) is 13.7. The van der Waals surface area contributed by atoms with Crippen LogP contribution in [-0.2, 0) is 14.8 Å². The number of amides is 1. The SMILES string of the molecule is COc1ccc([C@H](C)NC(=O)CN(c2ccc(OC)c(OC)c2)S(C)(=O)=O)cc1. The van der Waals surface area contributed by atoms with Gasteiger partial charge in [-0.25, -0.2) is 8.42 Å². The molecule has 0 aromatic heterocycles. The van der Waals surface area contributed by atoms with Crippen molar-refractivity contribution < 1.29 is 27.4 Å². The Labute approximate surface area is 171 Å². The second-order valence-corrected chi connectivity index (χ2v) is 8.28. The Kier molecular flexibility index (Phi) is 7.33. The summed E-state index contributed by atoms with van der Waals surface area (Å²) >= 11 is 0. The van der Waals surface area contributed by atoms with E-state index in [1.807, 2.05) is 19.1 Å². The third-order valence-electron chi connectivity index (χ3n) is 4.34. The van der Waals surface area contributed by atoms with E-state index in [9.17, 15) is 13.2 Å². The van der Waals surface area contributed by atoms with E-state index in [1.165, 1.54) is 20.3 Å². The number of ether oxygens (including phenoxy) is 3. The summed E-state index contributed by atoms with van der Waals surface area (Å²) < 4.78 is 41.2. The minimum Gasteiger partial charge on any atom is -0.497 e. The van der Waals surface area contributed by atoms with Crippen LogP contribution in [0.3, 0.4) is 0 Å². The molecule has 9 heteroatoms. The molecule has 0 bridgehead atoms. The molecule has 29 heavy (non-hydrogen) atoms. The number of carbonyl (C=O) groups is 1. The lowest BCUT2D eigenvalue weighted by atomic mass is 10.1. The molecule has 2 rings (SSSR count). The van der Waals surface area contributed by atoms with Gasteiger partial charge in [0.1, 0.15) is 12.3 Å². The van der Waals surface area contributed by atoms with Crippen LogP contribution in [0, 0.1) is 0 Å².